The average Bonchev–Trinajstić information content (AvgIpc) is 2.39. The number of rotatable bonds is 0. The highest BCUT2D eigenvalue weighted by molar-refractivity contribution is 8.01. The molecule has 0 aromatic rings. The van der Waals surface area contributed by atoms with Crippen LogP contribution in [0.1, 0.15) is 19.3 Å². The lowest BCUT2D eigenvalue weighted by Crippen LogP contribution is -2.38. The van der Waals surface area contributed by atoms with Crippen molar-refractivity contribution in [3.63, 3.8) is 0 Å². The predicted octanol–water partition coefficient (Wildman–Crippen LogP) is 1.65. The first-order valence-electron chi connectivity index (χ1n) is 4.08. The summed E-state index contributed by atoms with van der Waals surface area (Å²) in [4.78, 5) is 0. The van der Waals surface area contributed by atoms with Gasteiger partial charge in [-0.1, -0.05) is 0 Å². The summed E-state index contributed by atoms with van der Waals surface area (Å²) in [6.45, 7) is 2.47. The van der Waals surface area contributed by atoms with Gasteiger partial charge < -0.3 is 5.32 Å². The summed E-state index contributed by atoms with van der Waals surface area (Å²) in [5.41, 5.74) is 0.600. The normalized spacial score (nSPS) is 40.8. The van der Waals surface area contributed by atoms with Crippen molar-refractivity contribution in [2.75, 3.05) is 18.8 Å². The maximum atomic E-state index is 3.47. The number of thioether (sulfide) groups is 1. The molecule has 1 radical (unpaired) electrons. The first kappa shape index (κ1) is 6.99. The van der Waals surface area contributed by atoms with Crippen LogP contribution in [0.2, 0.25) is 0 Å². The Morgan fingerprint density at radius 1 is 1.40 bits per heavy atom. The largest absolute Gasteiger partial charge is 0.316 e. The Balaban J connectivity index is 1.98. The highest BCUT2D eigenvalue weighted by atomic mass is 32.2. The quantitative estimate of drug-likeness (QED) is 0.572. The van der Waals surface area contributed by atoms with Gasteiger partial charge in [0.2, 0.25) is 0 Å². The summed E-state index contributed by atoms with van der Waals surface area (Å²) in [5.74, 6) is 3.82. The van der Waals surface area contributed by atoms with E-state index in [-0.39, 0.29) is 0 Å². The molecule has 0 saturated carbocycles. The van der Waals surface area contributed by atoms with Crippen molar-refractivity contribution in [3.8, 4) is 0 Å². The van der Waals surface area contributed by atoms with E-state index in [1.54, 1.807) is 0 Å². The summed E-state index contributed by atoms with van der Waals surface area (Å²) in [6.07, 6.45) is 4.20. The minimum atomic E-state index is 0.600. The van der Waals surface area contributed by atoms with E-state index in [1.165, 1.54) is 38.1 Å². The molecule has 2 fully saturated rings. The molecular formula is C8H14NS. The number of piperidine rings is 1. The molecule has 1 nitrogen and oxygen atoms in total. The van der Waals surface area contributed by atoms with Gasteiger partial charge in [-0.05, 0) is 37.0 Å². The lowest BCUT2D eigenvalue weighted by atomic mass is 9.80. The Morgan fingerprint density at radius 2 is 2.40 bits per heavy atom. The van der Waals surface area contributed by atoms with Crippen LogP contribution in [0.4, 0.5) is 0 Å². The Labute approximate surface area is 67.0 Å². The average molecular weight is 156 g/mol. The molecule has 57 valence electrons. The van der Waals surface area contributed by atoms with E-state index in [9.17, 15) is 0 Å². The smallest absolute Gasteiger partial charge is 0.0241 e. The van der Waals surface area contributed by atoms with Gasteiger partial charge in [0, 0.05) is 12.3 Å². The predicted molar refractivity (Wildman–Crippen MR) is 45.9 cm³/mol. The maximum Gasteiger partial charge on any atom is 0.0241 e. The first-order chi connectivity index (χ1) is 4.91. The third-order valence-corrected chi connectivity index (χ3v) is 3.66. The molecule has 2 rings (SSSR count). The van der Waals surface area contributed by atoms with Crippen molar-refractivity contribution in [1.82, 2.24) is 5.32 Å². The van der Waals surface area contributed by atoms with E-state index in [2.05, 4.69) is 11.1 Å². The molecule has 0 aromatic carbocycles. The first-order valence-corrected chi connectivity index (χ1v) is 5.13. The van der Waals surface area contributed by atoms with Crippen LogP contribution >= 0.6 is 11.8 Å². The fourth-order valence-electron chi connectivity index (χ4n) is 1.86. The molecule has 2 heterocycles. The second-order valence-corrected chi connectivity index (χ2v) is 4.36. The van der Waals surface area contributed by atoms with Gasteiger partial charge in [-0.25, -0.2) is 0 Å². The summed E-state index contributed by atoms with van der Waals surface area (Å²) >= 11 is 2.01. The van der Waals surface area contributed by atoms with Crippen LogP contribution in [-0.4, -0.2) is 18.8 Å². The highest BCUT2D eigenvalue weighted by Gasteiger charge is 2.35. The fraction of sp³-hybridized carbons (Fsp3) is 0.875. The summed E-state index contributed by atoms with van der Waals surface area (Å²) in [5, 5.41) is 3.47. The van der Waals surface area contributed by atoms with Crippen molar-refractivity contribution in [1.29, 1.82) is 0 Å². The third kappa shape index (κ3) is 1.19. The van der Waals surface area contributed by atoms with Crippen molar-refractivity contribution in [2.24, 2.45) is 5.41 Å². The third-order valence-electron chi connectivity index (χ3n) is 2.56. The number of hydrogen-bond donors (Lipinski definition) is 1. The van der Waals surface area contributed by atoms with Crippen molar-refractivity contribution >= 4 is 11.8 Å². The number of hydrogen-bond acceptors (Lipinski definition) is 2. The molecule has 2 aliphatic heterocycles. The zero-order valence-electron chi connectivity index (χ0n) is 6.23. The molecule has 1 N–H and O–H groups in total. The molecule has 2 heteroatoms. The van der Waals surface area contributed by atoms with E-state index in [4.69, 9.17) is 0 Å². The van der Waals surface area contributed by atoms with Gasteiger partial charge in [0.1, 0.15) is 0 Å². The lowest BCUT2D eigenvalue weighted by molar-refractivity contribution is 0.269. The molecule has 0 bridgehead atoms. The van der Waals surface area contributed by atoms with Gasteiger partial charge in [-0.15, -0.1) is 0 Å². The molecule has 2 aliphatic rings. The molecule has 0 amide bonds. The van der Waals surface area contributed by atoms with Gasteiger partial charge in [0.05, 0.1) is 0 Å². The minimum Gasteiger partial charge on any atom is -0.316 e. The van der Waals surface area contributed by atoms with Crippen LogP contribution in [-0.2, 0) is 0 Å². The summed E-state index contributed by atoms with van der Waals surface area (Å²) in [6, 6.07) is 0. The second kappa shape index (κ2) is 2.74. The van der Waals surface area contributed by atoms with E-state index in [0.717, 1.165) is 0 Å². The fourth-order valence-corrected chi connectivity index (χ4v) is 3.18. The van der Waals surface area contributed by atoms with Gasteiger partial charge in [-0.3, -0.25) is 0 Å². The van der Waals surface area contributed by atoms with Gasteiger partial charge in [-0.2, -0.15) is 11.8 Å². The monoisotopic (exact) mass is 156 g/mol. The van der Waals surface area contributed by atoms with Gasteiger partial charge >= 0.3 is 0 Å². The number of nitrogens with one attached hydrogen (secondary N) is 1. The van der Waals surface area contributed by atoms with Crippen LogP contribution < -0.4 is 5.32 Å². The minimum absolute atomic E-state index is 0.600. The Bertz CT molecular complexity index is 110. The van der Waals surface area contributed by atoms with Crippen LogP contribution in [0.25, 0.3) is 0 Å². The Morgan fingerprint density at radius 3 is 3.00 bits per heavy atom. The second-order valence-electron chi connectivity index (χ2n) is 3.38. The van der Waals surface area contributed by atoms with E-state index >= 15 is 0 Å². The van der Waals surface area contributed by atoms with Crippen molar-refractivity contribution < 1.29 is 0 Å². The summed E-state index contributed by atoms with van der Waals surface area (Å²) < 4.78 is 0. The molecule has 1 spiro atoms. The van der Waals surface area contributed by atoms with Crippen LogP contribution in [0.3, 0.4) is 0 Å². The zero-order valence-corrected chi connectivity index (χ0v) is 7.04. The van der Waals surface area contributed by atoms with Crippen LogP contribution in [0, 0.1) is 11.2 Å². The maximum absolute atomic E-state index is 3.47. The molecule has 1 unspecified atom stereocenters. The Kier molecular flexibility index (Phi) is 1.92. The molecule has 0 aromatic heterocycles. The van der Waals surface area contributed by atoms with E-state index in [0.29, 0.717) is 5.41 Å². The van der Waals surface area contributed by atoms with Gasteiger partial charge in [0.25, 0.3) is 0 Å². The Hall–Kier alpha value is 0.310. The SMILES string of the molecule is [CH]1SCCC12CCCNC2. The molecule has 0 aliphatic carbocycles. The zero-order chi connectivity index (χ0) is 6.86. The van der Waals surface area contributed by atoms with Crippen molar-refractivity contribution in [3.05, 3.63) is 5.75 Å². The van der Waals surface area contributed by atoms with Gasteiger partial charge in [0.15, 0.2) is 0 Å². The summed E-state index contributed by atoms with van der Waals surface area (Å²) in [7, 11) is 0. The molecule has 10 heavy (non-hydrogen) atoms. The van der Waals surface area contributed by atoms with Crippen LogP contribution in [0.15, 0.2) is 0 Å². The van der Waals surface area contributed by atoms with Crippen LogP contribution in [0.5, 0.6) is 0 Å². The molecule has 2 saturated heterocycles. The highest BCUT2D eigenvalue weighted by Crippen LogP contribution is 2.44. The molecule has 1 atom stereocenters. The van der Waals surface area contributed by atoms with Crippen molar-refractivity contribution in [2.45, 2.75) is 19.3 Å². The van der Waals surface area contributed by atoms with E-state index in [1.807, 2.05) is 11.8 Å². The molecular weight excluding hydrogens is 142 g/mol. The van der Waals surface area contributed by atoms with E-state index < -0.39 is 0 Å². The topological polar surface area (TPSA) is 12.0 Å². The standard InChI is InChI=1S/C8H14NS/c1-2-8(6-9-4-1)3-5-10-7-8/h7,9H,1-6H2. The lowest BCUT2D eigenvalue weighted by Gasteiger charge is -2.32.